The molecular weight excluding hydrogens is 384 g/mol. The van der Waals surface area contributed by atoms with Crippen molar-refractivity contribution in [2.75, 3.05) is 12.9 Å². The number of fused-ring (bicyclic) bond motifs is 4. The van der Waals surface area contributed by atoms with Crippen molar-refractivity contribution < 1.29 is 13.2 Å². The summed E-state index contributed by atoms with van der Waals surface area (Å²) < 4.78 is 32.4. The average Bonchev–Trinajstić information content (AvgIpc) is 3.22. The number of pyridine rings is 1. The lowest BCUT2D eigenvalue weighted by Gasteiger charge is -2.14. The quantitative estimate of drug-likeness (QED) is 0.494. The van der Waals surface area contributed by atoms with Crippen molar-refractivity contribution in [1.82, 2.24) is 9.55 Å². The van der Waals surface area contributed by atoms with Gasteiger partial charge in [0.2, 0.25) is 0 Å². The first kappa shape index (κ1) is 18.4. The van der Waals surface area contributed by atoms with E-state index in [1.54, 1.807) is 7.11 Å². The minimum Gasteiger partial charge on any atom is -0.497 e. The fourth-order valence-electron chi connectivity index (χ4n) is 4.87. The van der Waals surface area contributed by atoms with Gasteiger partial charge in [0, 0.05) is 40.6 Å². The van der Waals surface area contributed by atoms with Crippen molar-refractivity contribution in [3.05, 3.63) is 48.3 Å². The zero-order valence-electron chi connectivity index (χ0n) is 16.7. The Morgan fingerprint density at radius 1 is 1.17 bits per heavy atom. The van der Waals surface area contributed by atoms with Gasteiger partial charge in [-0.3, -0.25) is 4.98 Å². The number of aryl methyl sites for hydroxylation is 2. The molecule has 1 saturated heterocycles. The molecule has 1 aliphatic rings. The Labute approximate surface area is 170 Å². The van der Waals surface area contributed by atoms with Crippen molar-refractivity contribution in [2.24, 2.45) is 0 Å². The van der Waals surface area contributed by atoms with E-state index >= 15 is 0 Å². The second kappa shape index (κ2) is 6.73. The zero-order valence-corrected chi connectivity index (χ0v) is 17.5. The molecule has 1 aliphatic heterocycles. The van der Waals surface area contributed by atoms with Crippen LogP contribution in [0.25, 0.3) is 32.6 Å². The molecule has 1 atom stereocenters. The first-order chi connectivity index (χ1) is 14.0. The number of aromatic nitrogens is 2. The number of hydrogen-bond acceptors (Lipinski definition) is 4. The van der Waals surface area contributed by atoms with Gasteiger partial charge in [-0.1, -0.05) is 0 Å². The molecule has 5 nitrogen and oxygen atoms in total. The highest BCUT2D eigenvalue weighted by molar-refractivity contribution is 7.92. The Kier molecular flexibility index (Phi) is 4.28. The van der Waals surface area contributed by atoms with Gasteiger partial charge in [0.1, 0.15) is 5.75 Å². The normalized spacial score (nSPS) is 18.8. The van der Waals surface area contributed by atoms with E-state index in [0.717, 1.165) is 40.3 Å². The molecule has 3 heterocycles. The molecule has 2 aromatic heterocycles. The van der Waals surface area contributed by atoms with Gasteiger partial charge in [0.15, 0.2) is 9.84 Å². The maximum Gasteiger partial charge on any atom is 0.153 e. The van der Waals surface area contributed by atoms with Crippen molar-refractivity contribution in [3.8, 4) is 5.75 Å². The lowest BCUT2D eigenvalue weighted by atomic mass is 10.0. The topological polar surface area (TPSA) is 61.2 Å². The Morgan fingerprint density at radius 2 is 2.03 bits per heavy atom. The summed E-state index contributed by atoms with van der Waals surface area (Å²) in [5.41, 5.74) is 3.48. The van der Waals surface area contributed by atoms with E-state index in [2.05, 4.69) is 34.7 Å². The van der Waals surface area contributed by atoms with Crippen LogP contribution in [0.1, 0.15) is 24.8 Å². The smallest absolute Gasteiger partial charge is 0.153 e. The summed E-state index contributed by atoms with van der Waals surface area (Å²) in [6.07, 6.45) is 5.94. The average molecular weight is 409 g/mol. The molecule has 0 amide bonds. The molecule has 0 bridgehead atoms. The molecule has 4 aromatic rings. The summed E-state index contributed by atoms with van der Waals surface area (Å²) in [4.78, 5) is 4.29. The van der Waals surface area contributed by atoms with Gasteiger partial charge in [-0.05, 0) is 67.5 Å². The highest BCUT2D eigenvalue weighted by atomic mass is 32.2. The van der Waals surface area contributed by atoms with Crippen molar-refractivity contribution in [2.45, 2.75) is 38.0 Å². The molecule has 6 heteroatoms. The minimum absolute atomic E-state index is 0.224. The molecule has 0 N–H and O–H groups in total. The molecule has 2 aromatic carbocycles. The number of ether oxygens (including phenoxy) is 1. The van der Waals surface area contributed by atoms with Crippen LogP contribution >= 0.6 is 0 Å². The van der Waals surface area contributed by atoms with Gasteiger partial charge >= 0.3 is 0 Å². The monoisotopic (exact) mass is 408 g/mol. The van der Waals surface area contributed by atoms with Gasteiger partial charge in [-0.15, -0.1) is 0 Å². The van der Waals surface area contributed by atoms with E-state index in [1.807, 2.05) is 24.5 Å². The summed E-state index contributed by atoms with van der Waals surface area (Å²) in [7, 11) is -1.27. The fourth-order valence-corrected chi connectivity index (χ4v) is 6.76. The van der Waals surface area contributed by atoms with E-state index in [-0.39, 0.29) is 5.25 Å². The molecule has 1 fully saturated rings. The Hall–Kier alpha value is -2.60. The predicted molar refractivity (Wildman–Crippen MR) is 117 cm³/mol. The lowest BCUT2D eigenvalue weighted by Crippen LogP contribution is -2.18. The van der Waals surface area contributed by atoms with E-state index in [0.29, 0.717) is 18.7 Å². The molecular formula is C23H24N2O3S. The van der Waals surface area contributed by atoms with Gasteiger partial charge < -0.3 is 9.30 Å². The maximum atomic E-state index is 12.3. The van der Waals surface area contributed by atoms with E-state index in [9.17, 15) is 8.42 Å². The maximum absolute atomic E-state index is 12.3. The molecule has 0 radical (unpaired) electrons. The van der Waals surface area contributed by atoms with Crippen LogP contribution in [0.2, 0.25) is 0 Å². The van der Waals surface area contributed by atoms with Crippen molar-refractivity contribution in [3.63, 3.8) is 0 Å². The van der Waals surface area contributed by atoms with Crippen LogP contribution in [0, 0.1) is 6.92 Å². The molecule has 0 spiro atoms. The van der Waals surface area contributed by atoms with Crippen LogP contribution in [0.4, 0.5) is 0 Å². The second-order valence-corrected chi connectivity index (χ2v) is 10.3. The molecule has 150 valence electrons. The van der Waals surface area contributed by atoms with Gasteiger partial charge in [-0.25, -0.2) is 8.42 Å². The first-order valence-corrected chi connectivity index (χ1v) is 11.8. The molecule has 0 saturated carbocycles. The number of benzene rings is 2. The second-order valence-electron chi connectivity index (χ2n) is 7.95. The van der Waals surface area contributed by atoms with E-state index < -0.39 is 9.84 Å². The zero-order chi connectivity index (χ0) is 20.2. The molecule has 29 heavy (non-hydrogen) atoms. The van der Waals surface area contributed by atoms with Crippen molar-refractivity contribution >= 4 is 42.4 Å². The SMILES string of the molecule is COc1ccc2c(c1)c1cc3cnccc3c(C)c1n2CCC1CCCS1(=O)=O. The molecule has 5 rings (SSSR count). The van der Waals surface area contributed by atoms with Gasteiger partial charge in [0.05, 0.1) is 23.6 Å². The van der Waals surface area contributed by atoms with Crippen molar-refractivity contribution in [1.29, 1.82) is 0 Å². The highest BCUT2D eigenvalue weighted by Crippen LogP contribution is 2.37. The molecule has 1 unspecified atom stereocenters. The summed E-state index contributed by atoms with van der Waals surface area (Å²) >= 11 is 0. The van der Waals surface area contributed by atoms with Crippen LogP contribution in [-0.4, -0.2) is 36.1 Å². The van der Waals surface area contributed by atoms with Gasteiger partial charge in [0.25, 0.3) is 0 Å². The third-order valence-corrected chi connectivity index (χ3v) is 8.70. The predicted octanol–water partition coefficient (Wildman–Crippen LogP) is 4.63. The summed E-state index contributed by atoms with van der Waals surface area (Å²) in [5.74, 6) is 1.15. The largest absolute Gasteiger partial charge is 0.497 e. The van der Waals surface area contributed by atoms with E-state index in [4.69, 9.17) is 4.74 Å². The summed E-state index contributed by atoms with van der Waals surface area (Å²) in [6, 6.07) is 10.4. The van der Waals surface area contributed by atoms with Gasteiger partial charge in [-0.2, -0.15) is 0 Å². The number of methoxy groups -OCH3 is 1. The van der Waals surface area contributed by atoms with Crippen LogP contribution < -0.4 is 4.74 Å². The standard InChI is InChI=1S/C23H24N2O3S/c1-15-19-7-9-24-14-16(19)12-21-20-13-17(28-2)5-6-22(20)25(23(15)21)10-8-18-4-3-11-29(18,26)27/h5-7,9,12-14,18H,3-4,8,10-11H2,1-2H3. The van der Waals surface area contributed by atoms with Crippen LogP contribution in [0.5, 0.6) is 5.75 Å². The summed E-state index contributed by atoms with van der Waals surface area (Å²) in [5, 5.41) is 4.35. The first-order valence-electron chi connectivity index (χ1n) is 10.0. The third-order valence-electron chi connectivity index (χ3n) is 6.36. The van der Waals surface area contributed by atoms with E-state index in [1.165, 1.54) is 16.5 Å². The van der Waals surface area contributed by atoms with Crippen LogP contribution in [-0.2, 0) is 16.4 Å². The number of rotatable bonds is 4. The number of nitrogens with zero attached hydrogens (tertiary/aromatic N) is 2. The Bertz CT molecular complexity index is 1360. The number of hydrogen-bond donors (Lipinski definition) is 0. The van der Waals surface area contributed by atoms with Crippen LogP contribution in [0.15, 0.2) is 42.7 Å². The third kappa shape index (κ3) is 2.89. The Balaban J connectivity index is 1.75. The highest BCUT2D eigenvalue weighted by Gasteiger charge is 2.31. The lowest BCUT2D eigenvalue weighted by molar-refractivity contribution is 0.415. The Morgan fingerprint density at radius 3 is 2.79 bits per heavy atom. The molecule has 0 aliphatic carbocycles. The van der Waals surface area contributed by atoms with Crippen LogP contribution in [0.3, 0.4) is 0 Å². The summed E-state index contributed by atoms with van der Waals surface area (Å²) in [6.45, 7) is 2.83. The fraction of sp³-hybridized carbons (Fsp3) is 0.348. The minimum atomic E-state index is -2.94. The number of sulfone groups is 1.